The number of hydrogen-bond donors (Lipinski definition) is 1. The Hall–Kier alpha value is -1.66. The number of rotatable bonds is 4. The lowest BCUT2D eigenvalue weighted by Gasteiger charge is -2.35. The molecule has 1 aromatic carbocycles. The van der Waals surface area contributed by atoms with E-state index in [2.05, 4.69) is 0 Å². The average Bonchev–Trinajstić information content (AvgIpc) is 2.53. The van der Waals surface area contributed by atoms with Crippen LogP contribution in [0.1, 0.15) is 30.1 Å². The fourth-order valence-electron chi connectivity index (χ4n) is 2.44. The summed E-state index contributed by atoms with van der Waals surface area (Å²) in [6.45, 7) is 3.95. The first-order valence-corrected chi connectivity index (χ1v) is 7.55. The lowest BCUT2D eigenvalue weighted by molar-refractivity contribution is -0.132. The molecule has 1 unspecified atom stereocenters. The Morgan fingerprint density at radius 3 is 2.17 bits per heavy atom. The molecule has 0 saturated carbocycles. The fourth-order valence-corrected chi connectivity index (χ4v) is 2.44. The normalized spacial score (nSPS) is 15.8. The number of piperazine rings is 1. The predicted octanol–water partition coefficient (Wildman–Crippen LogP) is 1.66. The van der Waals surface area contributed by atoms with Gasteiger partial charge in [-0.15, -0.1) is 12.4 Å². The Kier molecular flexibility index (Phi) is 7.45. The summed E-state index contributed by atoms with van der Waals surface area (Å²) in [6, 6.07) is 5.54. The van der Waals surface area contributed by atoms with Gasteiger partial charge in [-0.1, -0.05) is 0 Å². The topological polar surface area (TPSA) is 66.6 Å². The van der Waals surface area contributed by atoms with E-state index in [0.717, 1.165) is 0 Å². The van der Waals surface area contributed by atoms with Crippen LogP contribution in [-0.2, 0) is 4.79 Å². The first-order valence-electron chi connectivity index (χ1n) is 7.55. The van der Waals surface area contributed by atoms with Crippen LogP contribution in [0.5, 0.6) is 0 Å². The van der Waals surface area contributed by atoms with Crippen molar-refractivity contribution >= 4 is 24.2 Å². The first kappa shape index (κ1) is 19.4. The molecule has 23 heavy (non-hydrogen) atoms. The third-order valence-corrected chi connectivity index (χ3v) is 3.82. The molecule has 0 radical (unpaired) electrons. The van der Waals surface area contributed by atoms with E-state index < -0.39 is 0 Å². The van der Waals surface area contributed by atoms with Gasteiger partial charge < -0.3 is 15.5 Å². The highest BCUT2D eigenvalue weighted by molar-refractivity contribution is 5.94. The van der Waals surface area contributed by atoms with E-state index in [1.165, 1.54) is 24.3 Å². The number of benzene rings is 1. The van der Waals surface area contributed by atoms with Crippen LogP contribution >= 0.6 is 12.4 Å². The molecule has 1 aliphatic heterocycles. The first-order chi connectivity index (χ1) is 10.5. The summed E-state index contributed by atoms with van der Waals surface area (Å²) >= 11 is 0. The minimum absolute atomic E-state index is 0. The van der Waals surface area contributed by atoms with Crippen molar-refractivity contribution in [1.29, 1.82) is 0 Å². The third kappa shape index (κ3) is 5.48. The maximum atomic E-state index is 12.9. The Morgan fingerprint density at radius 2 is 1.65 bits per heavy atom. The second-order valence-electron chi connectivity index (χ2n) is 5.70. The average molecular weight is 344 g/mol. The molecular weight excluding hydrogens is 321 g/mol. The van der Waals surface area contributed by atoms with Crippen LogP contribution < -0.4 is 5.73 Å². The molecule has 0 aliphatic carbocycles. The molecule has 0 spiro atoms. The number of nitrogens with zero attached hydrogens (tertiary/aromatic N) is 2. The van der Waals surface area contributed by atoms with E-state index in [1.54, 1.807) is 9.80 Å². The largest absolute Gasteiger partial charge is 0.339 e. The molecule has 0 bridgehead atoms. The summed E-state index contributed by atoms with van der Waals surface area (Å²) in [5, 5.41) is 0. The number of carbonyl (C=O) groups excluding carboxylic acids is 2. The van der Waals surface area contributed by atoms with Crippen molar-refractivity contribution in [3.63, 3.8) is 0 Å². The summed E-state index contributed by atoms with van der Waals surface area (Å²) in [7, 11) is 0. The molecule has 7 heteroatoms. The molecule has 5 nitrogen and oxygen atoms in total. The van der Waals surface area contributed by atoms with Gasteiger partial charge in [-0.2, -0.15) is 0 Å². The Bertz CT molecular complexity index is 529. The van der Waals surface area contributed by atoms with Gasteiger partial charge in [-0.3, -0.25) is 9.59 Å². The molecule has 1 aliphatic rings. The zero-order valence-electron chi connectivity index (χ0n) is 13.2. The quantitative estimate of drug-likeness (QED) is 0.904. The standard InChI is InChI=1S/C16H22FN3O2.ClH/c1-12(18)2-7-15(21)19-8-10-20(11-9-19)16(22)13-3-5-14(17)6-4-13;/h3-6,12H,2,7-11,18H2,1H3;1H. The zero-order valence-corrected chi connectivity index (χ0v) is 14.0. The molecule has 128 valence electrons. The van der Waals surface area contributed by atoms with Crippen LogP contribution in [0.15, 0.2) is 24.3 Å². The maximum Gasteiger partial charge on any atom is 0.253 e. The van der Waals surface area contributed by atoms with Gasteiger partial charge in [0.25, 0.3) is 5.91 Å². The Labute approximate surface area is 142 Å². The van der Waals surface area contributed by atoms with Gasteiger partial charge in [-0.25, -0.2) is 4.39 Å². The molecule has 2 N–H and O–H groups in total. The Morgan fingerprint density at radius 1 is 1.13 bits per heavy atom. The van der Waals surface area contributed by atoms with Gasteiger partial charge in [0.05, 0.1) is 0 Å². The summed E-state index contributed by atoms with van der Waals surface area (Å²) in [6.07, 6.45) is 1.12. The van der Waals surface area contributed by atoms with E-state index in [4.69, 9.17) is 5.73 Å². The van der Waals surface area contributed by atoms with Crippen LogP contribution in [0.2, 0.25) is 0 Å². The van der Waals surface area contributed by atoms with Crippen molar-refractivity contribution in [2.45, 2.75) is 25.8 Å². The minimum Gasteiger partial charge on any atom is -0.339 e. The van der Waals surface area contributed by atoms with Gasteiger partial charge >= 0.3 is 0 Å². The number of carbonyl (C=O) groups is 2. The lowest BCUT2D eigenvalue weighted by atomic mass is 10.1. The van der Waals surface area contributed by atoms with E-state index in [9.17, 15) is 14.0 Å². The van der Waals surface area contributed by atoms with Crippen LogP contribution in [0.3, 0.4) is 0 Å². The molecule has 1 saturated heterocycles. The zero-order chi connectivity index (χ0) is 16.1. The molecule has 2 amide bonds. The molecule has 0 aromatic heterocycles. The second kappa shape index (κ2) is 8.84. The Balaban J connectivity index is 0.00000264. The van der Waals surface area contributed by atoms with Gasteiger partial charge in [0, 0.05) is 44.2 Å². The number of nitrogens with two attached hydrogens (primary N) is 1. The molecule has 2 rings (SSSR count). The van der Waals surface area contributed by atoms with Crippen molar-refractivity contribution in [2.75, 3.05) is 26.2 Å². The van der Waals surface area contributed by atoms with Crippen LogP contribution in [0, 0.1) is 5.82 Å². The van der Waals surface area contributed by atoms with Crippen LogP contribution in [-0.4, -0.2) is 53.8 Å². The highest BCUT2D eigenvalue weighted by atomic mass is 35.5. The van der Waals surface area contributed by atoms with Crippen LogP contribution in [0.25, 0.3) is 0 Å². The predicted molar refractivity (Wildman–Crippen MR) is 89.0 cm³/mol. The SMILES string of the molecule is CC(N)CCC(=O)N1CCN(C(=O)c2ccc(F)cc2)CC1.Cl. The number of halogens is 2. The van der Waals surface area contributed by atoms with Crippen molar-refractivity contribution in [1.82, 2.24) is 9.80 Å². The van der Waals surface area contributed by atoms with E-state index in [0.29, 0.717) is 44.6 Å². The lowest BCUT2D eigenvalue weighted by Crippen LogP contribution is -2.50. The summed E-state index contributed by atoms with van der Waals surface area (Å²) in [5.74, 6) is -0.394. The second-order valence-corrected chi connectivity index (χ2v) is 5.70. The number of amides is 2. The molecule has 1 aromatic rings. The van der Waals surface area contributed by atoms with Crippen molar-refractivity contribution < 1.29 is 14.0 Å². The molecule has 1 heterocycles. The van der Waals surface area contributed by atoms with Crippen LogP contribution in [0.4, 0.5) is 4.39 Å². The monoisotopic (exact) mass is 343 g/mol. The van der Waals surface area contributed by atoms with E-state index in [-0.39, 0.29) is 36.1 Å². The number of hydrogen-bond acceptors (Lipinski definition) is 3. The van der Waals surface area contributed by atoms with Crippen molar-refractivity contribution in [2.24, 2.45) is 5.73 Å². The van der Waals surface area contributed by atoms with E-state index in [1.807, 2.05) is 6.92 Å². The van der Waals surface area contributed by atoms with Gasteiger partial charge in [0.1, 0.15) is 5.82 Å². The summed E-state index contributed by atoms with van der Waals surface area (Å²) in [5.41, 5.74) is 6.13. The van der Waals surface area contributed by atoms with Crippen molar-refractivity contribution in [3.05, 3.63) is 35.6 Å². The molecule has 1 atom stereocenters. The highest BCUT2D eigenvalue weighted by Crippen LogP contribution is 2.11. The summed E-state index contributed by atoms with van der Waals surface area (Å²) < 4.78 is 12.9. The maximum absolute atomic E-state index is 12.9. The van der Waals surface area contributed by atoms with E-state index >= 15 is 0 Å². The molecular formula is C16H23ClFN3O2. The smallest absolute Gasteiger partial charge is 0.253 e. The fraction of sp³-hybridized carbons (Fsp3) is 0.500. The van der Waals surface area contributed by atoms with Gasteiger partial charge in [0.2, 0.25) is 5.91 Å². The third-order valence-electron chi connectivity index (χ3n) is 3.82. The van der Waals surface area contributed by atoms with Gasteiger partial charge in [0.15, 0.2) is 0 Å². The summed E-state index contributed by atoms with van der Waals surface area (Å²) in [4.78, 5) is 27.8. The minimum atomic E-state index is -0.360. The highest BCUT2D eigenvalue weighted by Gasteiger charge is 2.24. The van der Waals surface area contributed by atoms with Crippen molar-refractivity contribution in [3.8, 4) is 0 Å². The van der Waals surface area contributed by atoms with Gasteiger partial charge in [-0.05, 0) is 37.6 Å². The molecule has 1 fully saturated rings.